The lowest BCUT2D eigenvalue weighted by Crippen LogP contribution is -2.34. The van der Waals surface area contributed by atoms with Gasteiger partial charge in [-0.05, 0) is 30.4 Å². The number of nitrogens with two attached hydrogens (primary N) is 1. The van der Waals surface area contributed by atoms with Gasteiger partial charge in [0.2, 0.25) is 0 Å². The first-order valence-corrected chi connectivity index (χ1v) is 10.3. The maximum atomic E-state index is 12.5. The van der Waals surface area contributed by atoms with Gasteiger partial charge in [0, 0.05) is 12.6 Å². The Morgan fingerprint density at radius 2 is 2.00 bits per heavy atom. The van der Waals surface area contributed by atoms with Crippen LogP contribution in [0.25, 0.3) is 11.2 Å². The summed E-state index contributed by atoms with van der Waals surface area (Å²) in [6.45, 7) is 3.88. The summed E-state index contributed by atoms with van der Waals surface area (Å²) in [6.07, 6.45) is 5.80. The molecule has 0 atom stereocenters. The van der Waals surface area contributed by atoms with Crippen molar-refractivity contribution in [2.75, 3.05) is 12.3 Å². The minimum atomic E-state index is -0.262. The van der Waals surface area contributed by atoms with Gasteiger partial charge in [0.05, 0.1) is 13.2 Å². The molecule has 0 aliphatic heterocycles. The van der Waals surface area contributed by atoms with Crippen LogP contribution in [-0.4, -0.2) is 32.2 Å². The van der Waals surface area contributed by atoms with E-state index in [9.17, 15) is 4.79 Å². The number of nitrogen functional groups attached to an aromatic ring is 1. The zero-order valence-corrected chi connectivity index (χ0v) is 16.8. The number of H-pyrrole nitrogens is 1. The molecule has 0 spiro atoms. The number of hydrogen-bond acceptors (Lipinski definition) is 6. The second-order valence-corrected chi connectivity index (χ2v) is 7.63. The number of ether oxygens (including phenoxy) is 1. The molecule has 1 saturated carbocycles. The van der Waals surface area contributed by atoms with Crippen molar-refractivity contribution in [2.24, 2.45) is 0 Å². The van der Waals surface area contributed by atoms with E-state index in [1.807, 2.05) is 12.1 Å². The zero-order valence-electron chi connectivity index (χ0n) is 16.8. The Labute approximate surface area is 169 Å². The molecule has 0 unspecified atom stereocenters. The maximum absolute atomic E-state index is 12.5. The maximum Gasteiger partial charge on any atom is 0.328 e. The molecule has 8 heteroatoms. The summed E-state index contributed by atoms with van der Waals surface area (Å²) < 4.78 is 7.16. The quantitative estimate of drug-likeness (QED) is 0.480. The Morgan fingerprint density at radius 1 is 1.24 bits per heavy atom. The lowest BCUT2D eigenvalue weighted by Gasteiger charge is -2.26. The largest absolute Gasteiger partial charge is 0.463 e. The van der Waals surface area contributed by atoms with Gasteiger partial charge in [-0.1, -0.05) is 44.0 Å². The van der Waals surface area contributed by atoms with Gasteiger partial charge in [-0.3, -0.25) is 4.57 Å². The lowest BCUT2D eigenvalue weighted by molar-refractivity contribution is 0.286. The molecule has 1 aliphatic rings. The standard InChI is InChI=1S/C21H28N6O2/c1-2-3-11-29-20-25-18(22)17-19(26-20)27(21(28)24-17)13-15-9-7-14(8-10-15)12-23-16-5-4-6-16/h7-10,16,23H,2-6,11-13H2,1H3,(H,24,28)(H2,22,25,26). The van der Waals surface area contributed by atoms with E-state index in [4.69, 9.17) is 10.5 Å². The average Bonchev–Trinajstić information content (AvgIpc) is 2.98. The Balaban J connectivity index is 1.51. The van der Waals surface area contributed by atoms with Crippen LogP contribution in [0.2, 0.25) is 0 Å². The SMILES string of the molecule is CCCCOc1nc(N)c2[nH]c(=O)n(Cc3ccc(CNC4CCC4)cc3)c2n1. The van der Waals surface area contributed by atoms with E-state index in [-0.39, 0.29) is 17.5 Å². The Morgan fingerprint density at radius 3 is 2.69 bits per heavy atom. The number of hydrogen-bond donors (Lipinski definition) is 3. The third-order valence-corrected chi connectivity index (χ3v) is 5.42. The summed E-state index contributed by atoms with van der Waals surface area (Å²) in [5, 5.41) is 3.56. The van der Waals surface area contributed by atoms with Crippen LogP contribution in [0, 0.1) is 0 Å². The van der Waals surface area contributed by atoms with E-state index in [1.165, 1.54) is 24.8 Å². The number of aromatic amines is 1. The number of benzene rings is 1. The highest BCUT2D eigenvalue weighted by atomic mass is 16.5. The topological polar surface area (TPSA) is 111 Å². The summed E-state index contributed by atoms with van der Waals surface area (Å²) in [5.41, 5.74) is 8.91. The molecule has 0 bridgehead atoms. The van der Waals surface area contributed by atoms with E-state index in [0.29, 0.717) is 30.4 Å². The molecule has 0 amide bonds. The van der Waals surface area contributed by atoms with Crippen molar-refractivity contribution >= 4 is 17.0 Å². The van der Waals surface area contributed by atoms with Gasteiger partial charge in [0.1, 0.15) is 5.52 Å². The van der Waals surface area contributed by atoms with Crippen molar-refractivity contribution in [3.63, 3.8) is 0 Å². The number of fused-ring (bicyclic) bond motifs is 1. The molecule has 29 heavy (non-hydrogen) atoms. The van der Waals surface area contributed by atoms with Crippen LogP contribution in [0.5, 0.6) is 6.01 Å². The normalized spacial score (nSPS) is 14.2. The number of nitrogens with one attached hydrogen (secondary N) is 2. The summed E-state index contributed by atoms with van der Waals surface area (Å²) in [6, 6.07) is 9.16. The average molecular weight is 396 g/mol. The Hall–Kier alpha value is -2.87. The van der Waals surface area contributed by atoms with Gasteiger partial charge in [0.15, 0.2) is 11.5 Å². The second-order valence-electron chi connectivity index (χ2n) is 7.63. The first kappa shape index (κ1) is 19.4. The van der Waals surface area contributed by atoms with Crippen LogP contribution < -0.4 is 21.5 Å². The van der Waals surface area contributed by atoms with Gasteiger partial charge < -0.3 is 20.8 Å². The number of nitrogens with zero attached hydrogens (tertiary/aromatic N) is 3. The van der Waals surface area contributed by atoms with Crippen molar-refractivity contribution in [1.29, 1.82) is 0 Å². The first-order chi connectivity index (χ1) is 14.1. The lowest BCUT2D eigenvalue weighted by atomic mass is 9.93. The molecule has 2 aromatic heterocycles. The molecule has 1 aromatic carbocycles. The molecule has 0 radical (unpaired) electrons. The van der Waals surface area contributed by atoms with E-state index >= 15 is 0 Å². The highest BCUT2D eigenvalue weighted by Gasteiger charge is 2.17. The van der Waals surface area contributed by atoms with Crippen LogP contribution >= 0.6 is 0 Å². The molecular formula is C21H28N6O2. The number of unbranched alkanes of at least 4 members (excludes halogenated alkanes) is 1. The number of rotatable bonds is 9. The summed E-state index contributed by atoms with van der Waals surface area (Å²) in [7, 11) is 0. The van der Waals surface area contributed by atoms with E-state index in [0.717, 1.165) is 24.9 Å². The first-order valence-electron chi connectivity index (χ1n) is 10.3. The molecule has 8 nitrogen and oxygen atoms in total. The summed E-state index contributed by atoms with van der Waals surface area (Å²) in [5.74, 6) is 0.217. The molecule has 154 valence electrons. The molecule has 4 rings (SSSR count). The highest BCUT2D eigenvalue weighted by Crippen LogP contribution is 2.20. The third-order valence-electron chi connectivity index (χ3n) is 5.42. The predicted octanol–water partition coefficient (Wildman–Crippen LogP) is 2.57. The minimum absolute atomic E-state index is 0.202. The Kier molecular flexibility index (Phi) is 5.80. The fraction of sp³-hybridized carbons (Fsp3) is 0.476. The summed E-state index contributed by atoms with van der Waals surface area (Å²) in [4.78, 5) is 23.8. The molecule has 1 aliphatic carbocycles. The highest BCUT2D eigenvalue weighted by molar-refractivity contribution is 5.81. The van der Waals surface area contributed by atoms with Crippen LogP contribution in [0.15, 0.2) is 29.1 Å². The zero-order chi connectivity index (χ0) is 20.2. The second kappa shape index (κ2) is 8.65. The molecule has 2 heterocycles. The van der Waals surface area contributed by atoms with Gasteiger partial charge in [-0.25, -0.2) is 4.79 Å². The van der Waals surface area contributed by atoms with Crippen LogP contribution in [0.3, 0.4) is 0 Å². The third kappa shape index (κ3) is 4.42. The van der Waals surface area contributed by atoms with Gasteiger partial charge in [-0.2, -0.15) is 9.97 Å². The molecule has 4 N–H and O–H groups in total. The summed E-state index contributed by atoms with van der Waals surface area (Å²) >= 11 is 0. The van der Waals surface area contributed by atoms with E-state index in [1.54, 1.807) is 4.57 Å². The van der Waals surface area contributed by atoms with Crippen molar-refractivity contribution in [2.45, 2.75) is 58.2 Å². The van der Waals surface area contributed by atoms with Crippen molar-refractivity contribution < 1.29 is 4.74 Å². The van der Waals surface area contributed by atoms with Gasteiger partial charge in [-0.15, -0.1) is 0 Å². The van der Waals surface area contributed by atoms with E-state index in [2.05, 4.69) is 39.3 Å². The number of anilines is 1. The fourth-order valence-electron chi connectivity index (χ4n) is 3.37. The molecule has 0 saturated heterocycles. The molecule has 3 aromatic rings. The number of imidazole rings is 1. The van der Waals surface area contributed by atoms with Gasteiger partial charge >= 0.3 is 11.7 Å². The smallest absolute Gasteiger partial charge is 0.328 e. The molecular weight excluding hydrogens is 368 g/mol. The monoisotopic (exact) mass is 396 g/mol. The van der Waals surface area contributed by atoms with Crippen LogP contribution in [0.1, 0.15) is 50.2 Å². The molecule has 1 fully saturated rings. The van der Waals surface area contributed by atoms with Gasteiger partial charge in [0.25, 0.3) is 0 Å². The fourth-order valence-corrected chi connectivity index (χ4v) is 3.37. The van der Waals surface area contributed by atoms with Crippen molar-refractivity contribution in [3.8, 4) is 6.01 Å². The van der Waals surface area contributed by atoms with Crippen molar-refractivity contribution in [1.82, 2.24) is 24.8 Å². The predicted molar refractivity (Wildman–Crippen MR) is 113 cm³/mol. The van der Waals surface area contributed by atoms with Crippen molar-refractivity contribution in [3.05, 3.63) is 45.9 Å². The van der Waals surface area contributed by atoms with Crippen LogP contribution in [0.4, 0.5) is 5.82 Å². The van der Waals surface area contributed by atoms with Crippen LogP contribution in [-0.2, 0) is 13.1 Å². The van der Waals surface area contributed by atoms with E-state index < -0.39 is 0 Å². The number of aromatic nitrogens is 4. The Bertz CT molecular complexity index is 1020. The minimum Gasteiger partial charge on any atom is -0.463 e.